The first kappa shape index (κ1) is 28.3. The highest BCUT2D eigenvalue weighted by Crippen LogP contribution is 2.27. The Balaban J connectivity index is 0.000000191. The van der Waals surface area contributed by atoms with Gasteiger partial charge in [0.05, 0.1) is 6.10 Å². The largest absolute Gasteiger partial charge is 0.508 e. The first-order chi connectivity index (χ1) is 17.2. The van der Waals surface area contributed by atoms with Crippen molar-refractivity contribution in [3.63, 3.8) is 0 Å². The Labute approximate surface area is 208 Å². The number of phenolic OH excluding ortho intramolecular Hbond substituents is 5. The van der Waals surface area contributed by atoms with Crippen LogP contribution in [0.3, 0.4) is 0 Å². The summed E-state index contributed by atoms with van der Waals surface area (Å²) in [5, 5.41) is 55.5. The summed E-state index contributed by atoms with van der Waals surface area (Å²) < 4.78 is 0. The van der Waals surface area contributed by atoms with Crippen LogP contribution in [0.25, 0.3) is 10.9 Å². The fourth-order valence-electron chi connectivity index (χ4n) is 3.30. The number of aromatic nitrogens is 1. The van der Waals surface area contributed by atoms with Crippen LogP contribution in [0.5, 0.6) is 28.7 Å². The van der Waals surface area contributed by atoms with Crippen LogP contribution in [-0.4, -0.2) is 55.3 Å². The van der Waals surface area contributed by atoms with Crippen LogP contribution in [0.2, 0.25) is 0 Å². The van der Waals surface area contributed by atoms with E-state index in [9.17, 15) is 10.2 Å². The van der Waals surface area contributed by atoms with Gasteiger partial charge in [0.15, 0.2) is 23.0 Å². The number of aliphatic hydroxyl groups is 1. The fraction of sp³-hybridized carbons (Fsp3) is 0.231. The maximum absolute atomic E-state index is 9.30. The number of nitrogens with one attached hydrogen (secondary N) is 1. The summed E-state index contributed by atoms with van der Waals surface area (Å²) in [5.74, 6) is -0.338. The fourth-order valence-corrected chi connectivity index (χ4v) is 3.30. The molecule has 4 rings (SSSR count). The predicted molar refractivity (Wildman–Crippen MR) is 139 cm³/mol. The topological polar surface area (TPSA) is 215 Å². The quantitative estimate of drug-likeness (QED) is 0.176. The molecule has 10 heteroatoms. The second-order valence-corrected chi connectivity index (χ2v) is 7.94. The molecule has 0 radical (unpaired) electrons. The van der Waals surface area contributed by atoms with Gasteiger partial charge in [0.1, 0.15) is 5.75 Å². The van der Waals surface area contributed by atoms with Gasteiger partial charge in [-0.15, -0.1) is 0 Å². The van der Waals surface area contributed by atoms with Crippen LogP contribution in [0, 0.1) is 0 Å². The van der Waals surface area contributed by atoms with Crippen molar-refractivity contribution in [1.82, 2.24) is 4.98 Å². The van der Waals surface area contributed by atoms with E-state index in [0.29, 0.717) is 30.8 Å². The molecule has 0 saturated carbocycles. The second-order valence-electron chi connectivity index (χ2n) is 7.94. The van der Waals surface area contributed by atoms with E-state index in [1.807, 2.05) is 12.3 Å². The molecule has 1 aromatic heterocycles. The number of H-pyrrole nitrogens is 1. The molecule has 0 aliphatic carbocycles. The Morgan fingerprint density at radius 2 is 1.33 bits per heavy atom. The standard InChI is InChI=1S/C10H12N2O.C8H11NO3.C8H11NO2/c11-4-3-7-6-12-10-2-1-8(13)5-9(7)10;9-4-8(12)5-1-2-6(10)7(11)3-5;9-4-3-6-1-2-7(10)8(11)5-6/h1-2,5-6,12-13H,3-4,11H2;1-3,8,10-12H,4,9H2;1-2,5,10-11H,3-4,9H2/t;8-;/m.0./s1. The zero-order valence-electron chi connectivity index (χ0n) is 19.8. The lowest BCUT2D eigenvalue weighted by Crippen LogP contribution is -2.11. The molecule has 0 bridgehead atoms. The van der Waals surface area contributed by atoms with E-state index in [1.165, 1.54) is 30.3 Å². The Kier molecular flexibility index (Phi) is 10.8. The molecule has 0 unspecified atom stereocenters. The summed E-state index contributed by atoms with van der Waals surface area (Å²) in [7, 11) is 0. The van der Waals surface area contributed by atoms with E-state index in [4.69, 9.17) is 37.6 Å². The van der Waals surface area contributed by atoms with Crippen LogP contribution < -0.4 is 17.2 Å². The third-order valence-electron chi connectivity index (χ3n) is 5.25. The summed E-state index contributed by atoms with van der Waals surface area (Å²) in [6.07, 6.45) is 2.70. The third kappa shape index (κ3) is 8.07. The van der Waals surface area contributed by atoms with Crippen molar-refractivity contribution in [2.45, 2.75) is 18.9 Å². The van der Waals surface area contributed by atoms with E-state index >= 15 is 0 Å². The minimum atomic E-state index is -0.795. The smallest absolute Gasteiger partial charge is 0.157 e. The Morgan fingerprint density at radius 3 is 1.92 bits per heavy atom. The van der Waals surface area contributed by atoms with Crippen LogP contribution in [0.15, 0.2) is 60.8 Å². The number of rotatable bonds is 6. The normalized spacial score (nSPS) is 11.2. The van der Waals surface area contributed by atoms with E-state index in [2.05, 4.69) is 4.98 Å². The van der Waals surface area contributed by atoms with Gasteiger partial charge in [-0.2, -0.15) is 0 Å². The van der Waals surface area contributed by atoms with E-state index in [0.717, 1.165) is 28.5 Å². The molecule has 1 heterocycles. The van der Waals surface area contributed by atoms with Crippen molar-refractivity contribution >= 4 is 10.9 Å². The van der Waals surface area contributed by atoms with Gasteiger partial charge >= 0.3 is 0 Å². The van der Waals surface area contributed by atoms with Crippen molar-refractivity contribution in [3.05, 3.63) is 77.5 Å². The monoisotopic (exact) mass is 498 g/mol. The number of benzene rings is 3. The van der Waals surface area contributed by atoms with Crippen LogP contribution in [-0.2, 0) is 12.8 Å². The van der Waals surface area contributed by atoms with Gasteiger partial charge in [0, 0.05) is 23.6 Å². The number of aliphatic hydroxyl groups excluding tert-OH is 1. The van der Waals surface area contributed by atoms with E-state index in [1.54, 1.807) is 18.2 Å². The average molecular weight is 499 g/mol. The van der Waals surface area contributed by atoms with Crippen molar-refractivity contribution in [3.8, 4) is 28.7 Å². The average Bonchev–Trinajstić information content (AvgIpc) is 3.26. The highest BCUT2D eigenvalue weighted by molar-refractivity contribution is 5.84. The summed E-state index contributed by atoms with van der Waals surface area (Å²) in [6.45, 7) is 1.26. The number of nitrogens with two attached hydrogens (primary N) is 3. The predicted octanol–water partition coefficient (Wildman–Crippen LogP) is 2.06. The molecule has 3 aromatic carbocycles. The minimum Gasteiger partial charge on any atom is -0.508 e. The van der Waals surface area contributed by atoms with Gasteiger partial charge in [0.25, 0.3) is 0 Å². The lowest BCUT2D eigenvalue weighted by Gasteiger charge is -2.08. The van der Waals surface area contributed by atoms with Crippen molar-refractivity contribution in [2.75, 3.05) is 19.6 Å². The molecular weight excluding hydrogens is 464 g/mol. The molecule has 0 saturated heterocycles. The highest BCUT2D eigenvalue weighted by Gasteiger charge is 2.07. The molecule has 4 aromatic rings. The molecule has 1 atom stereocenters. The lowest BCUT2D eigenvalue weighted by atomic mass is 10.1. The van der Waals surface area contributed by atoms with Crippen LogP contribution in [0.1, 0.15) is 22.8 Å². The van der Waals surface area contributed by atoms with Gasteiger partial charge in [-0.05, 0) is 85.1 Å². The van der Waals surface area contributed by atoms with Crippen LogP contribution in [0.4, 0.5) is 0 Å². The number of aromatic amines is 1. The van der Waals surface area contributed by atoms with Crippen molar-refractivity contribution in [1.29, 1.82) is 0 Å². The Morgan fingerprint density at radius 1 is 0.694 bits per heavy atom. The van der Waals surface area contributed by atoms with Crippen molar-refractivity contribution < 1.29 is 30.6 Å². The molecule has 0 fully saturated rings. The van der Waals surface area contributed by atoms with Gasteiger partial charge in [-0.1, -0.05) is 12.1 Å². The molecule has 0 amide bonds. The van der Waals surface area contributed by atoms with E-state index < -0.39 is 6.10 Å². The zero-order chi connectivity index (χ0) is 26.7. The van der Waals surface area contributed by atoms with Crippen molar-refractivity contribution in [2.24, 2.45) is 17.2 Å². The zero-order valence-corrected chi connectivity index (χ0v) is 19.8. The number of phenols is 5. The molecule has 0 aliphatic rings. The Bertz CT molecular complexity index is 1240. The van der Waals surface area contributed by atoms with Gasteiger partial charge in [0.2, 0.25) is 0 Å². The number of hydrogen-bond donors (Lipinski definition) is 10. The summed E-state index contributed by atoms with van der Waals surface area (Å²) in [4.78, 5) is 3.13. The number of aromatic hydroxyl groups is 5. The molecule has 13 N–H and O–H groups in total. The van der Waals surface area contributed by atoms with E-state index in [-0.39, 0.29) is 29.5 Å². The first-order valence-electron chi connectivity index (χ1n) is 11.3. The third-order valence-corrected chi connectivity index (χ3v) is 5.25. The lowest BCUT2D eigenvalue weighted by molar-refractivity contribution is 0.186. The molecule has 194 valence electrons. The SMILES string of the molecule is NCCc1c[nH]c2ccc(O)cc12.NCCc1ccc(O)c(O)c1.NC[C@H](O)c1ccc(O)c(O)c1. The molecular formula is C26H34N4O6. The van der Waals surface area contributed by atoms with Crippen LogP contribution >= 0.6 is 0 Å². The number of hydrogen-bond acceptors (Lipinski definition) is 9. The first-order valence-corrected chi connectivity index (χ1v) is 11.3. The summed E-state index contributed by atoms with van der Waals surface area (Å²) in [5.41, 5.74) is 19.6. The second kappa shape index (κ2) is 13.8. The molecule has 0 spiro atoms. The summed E-state index contributed by atoms with van der Waals surface area (Å²) in [6, 6.07) is 14.1. The Hall–Kier alpha value is -3.96. The number of fused-ring (bicyclic) bond motifs is 1. The highest BCUT2D eigenvalue weighted by atomic mass is 16.3. The minimum absolute atomic E-state index is 0.0871. The van der Waals surface area contributed by atoms with Gasteiger partial charge in [-0.25, -0.2) is 0 Å². The van der Waals surface area contributed by atoms with Gasteiger partial charge < -0.3 is 52.8 Å². The molecule has 0 aliphatic heterocycles. The maximum atomic E-state index is 9.30. The molecule has 10 nitrogen and oxygen atoms in total. The maximum Gasteiger partial charge on any atom is 0.157 e. The summed E-state index contributed by atoms with van der Waals surface area (Å²) >= 11 is 0. The van der Waals surface area contributed by atoms with Gasteiger partial charge in [-0.3, -0.25) is 0 Å². The molecule has 36 heavy (non-hydrogen) atoms.